The van der Waals surface area contributed by atoms with Crippen LogP contribution in [0.4, 0.5) is 0 Å². The molecule has 94 valence electrons. The van der Waals surface area contributed by atoms with Gasteiger partial charge in [0.25, 0.3) is 0 Å². The molecule has 0 radical (unpaired) electrons. The van der Waals surface area contributed by atoms with Crippen molar-refractivity contribution in [3.8, 4) is 12.3 Å². The number of carbonyl (C=O) groups excluding carboxylic acids is 1. The zero-order valence-corrected chi connectivity index (χ0v) is 10.2. The normalized spacial score (nSPS) is 20.8. The Labute approximate surface area is 107 Å². The molecule has 1 aliphatic heterocycles. The lowest BCUT2D eigenvalue weighted by atomic mass is 10.0. The summed E-state index contributed by atoms with van der Waals surface area (Å²) in [5.41, 5.74) is 1.05. The van der Waals surface area contributed by atoms with Crippen LogP contribution in [0.1, 0.15) is 24.4 Å². The van der Waals surface area contributed by atoms with E-state index in [-0.39, 0.29) is 24.5 Å². The number of hydrogen-bond donors (Lipinski definition) is 1. The average molecular weight is 243 g/mol. The van der Waals surface area contributed by atoms with Crippen LogP contribution in [0.25, 0.3) is 0 Å². The molecule has 1 aromatic carbocycles. The third-order valence-electron chi connectivity index (χ3n) is 3.36. The van der Waals surface area contributed by atoms with Gasteiger partial charge >= 0.3 is 0 Å². The first-order valence-electron chi connectivity index (χ1n) is 6.17. The van der Waals surface area contributed by atoms with Gasteiger partial charge in [0.1, 0.15) is 0 Å². The van der Waals surface area contributed by atoms with Gasteiger partial charge in [-0.1, -0.05) is 30.3 Å². The Morgan fingerprint density at radius 1 is 1.44 bits per heavy atom. The molecular formula is C15H17NO2. The van der Waals surface area contributed by atoms with Crippen LogP contribution in [0.2, 0.25) is 0 Å². The lowest BCUT2D eigenvalue weighted by Crippen LogP contribution is -2.31. The number of amides is 1. The number of carbonyl (C=O) groups is 1. The molecule has 2 rings (SSSR count). The van der Waals surface area contributed by atoms with Gasteiger partial charge in [-0.25, -0.2) is 0 Å². The first kappa shape index (κ1) is 12.7. The van der Waals surface area contributed by atoms with E-state index in [2.05, 4.69) is 5.92 Å². The first-order chi connectivity index (χ1) is 8.76. The summed E-state index contributed by atoms with van der Waals surface area (Å²) in [5.74, 6) is 2.73. The second-order valence-electron chi connectivity index (χ2n) is 4.55. The van der Waals surface area contributed by atoms with Gasteiger partial charge in [-0.15, -0.1) is 12.3 Å². The Morgan fingerprint density at radius 2 is 2.17 bits per heavy atom. The zero-order valence-electron chi connectivity index (χ0n) is 10.2. The number of hydrogen-bond acceptors (Lipinski definition) is 2. The van der Waals surface area contributed by atoms with Gasteiger partial charge in [0.05, 0.1) is 6.04 Å². The highest BCUT2D eigenvalue weighted by atomic mass is 16.3. The Morgan fingerprint density at radius 3 is 2.72 bits per heavy atom. The lowest BCUT2D eigenvalue weighted by Gasteiger charge is -2.28. The molecule has 2 atom stereocenters. The summed E-state index contributed by atoms with van der Waals surface area (Å²) in [6.07, 6.45) is 6.36. The molecule has 0 bridgehead atoms. The molecule has 0 spiro atoms. The predicted molar refractivity (Wildman–Crippen MR) is 69.5 cm³/mol. The molecule has 18 heavy (non-hydrogen) atoms. The fourth-order valence-corrected chi connectivity index (χ4v) is 2.44. The van der Waals surface area contributed by atoms with E-state index in [0.717, 1.165) is 5.56 Å². The highest BCUT2D eigenvalue weighted by molar-refractivity contribution is 5.79. The van der Waals surface area contributed by atoms with Crippen molar-refractivity contribution >= 4 is 5.91 Å². The van der Waals surface area contributed by atoms with Gasteiger partial charge < -0.3 is 10.0 Å². The van der Waals surface area contributed by atoms with E-state index < -0.39 is 0 Å². The van der Waals surface area contributed by atoms with E-state index in [1.807, 2.05) is 30.3 Å². The molecule has 1 amide bonds. The summed E-state index contributed by atoms with van der Waals surface area (Å²) in [5, 5.41) is 9.19. The minimum atomic E-state index is -0.0675. The summed E-state index contributed by atoms with van der Waals surface area (Å²) in [6.45, 7) is 0.652. The average Bonchev–Trinajstić information content (AvgIpc) is 2.78. The summed E-state index contributed by atoms with van der Waals surface area (Å²) in [4.78, 5) is 13.8. The van der Waals surface area contributed by atoms with Crippen molar-refractivity contribution in [2.75, 3.05) is 13.2 Å². The standard InChI is InChI=1S/C15H17NO2/c1-2-12-10-15(18)16(11-12)14(8-9-17)13-6-4-3-5-7-13/h1,3-7,12,14,17H,8-11H2. The van der Waals surface area contributed by atoms with Gasteiger partial charge in [-0.05, 0) is 12.0 Å². The third-order valence-corrected chi connectivity index (χ3v) is 3.36. The maximum atomic E-state index is 12.0. The smallest absolute Gasteiger partial charge is 0.224 e. The Bertz CT molecular complexity index is 449. The molecule has 0 aliphatic carbocycles. The van der Waals surface area contributed by atoms with Crippen molar-refractivity contribution in [3.05, 3.63) is 35.9 Å². The maximum Gasteiger partial charge on any atom is 0.224 e. The highest BCUT2D eigenvalue weighted by Crippen LogP contribution is 2.30. The number of terminal acetylenes is 1. The molecule has 3 heteroatoms. The second-order valence-corrected chi connectivity index (χ2v) is 4.55. The summed E-state index contributed by atoms with van der Waals surface area (Å²) >= 11 is 0. The fourth-order valence-electron chi connectivity index (χ4n) is 2.44. The monoisotopic (exact) mass is 243 g/mol. The third kappa shape index (κ3) is 2.55. The molecule has 3 nitrogen and oxygen atoms in total. The molecule has 0 aromatic heterocycles. The van der Waals surface area contributed by atoms with Gasteiger partial charge in [-0.2, -0.15) is 0 Å². The molecule has 0 saturated carbocycles. The summed E-state index contributed by atoms with van der Waals surface area (Å²) < 4.78 is 0. The Hall–Kier alpha value is -1.79. The minimum Gasteiger partial charge on any atom is -0.396 e. The first-order valence-corrected chi connectivity index (χ1v) is 6.17. The SMILES string of the molecule is C#CC1CC(=O)N(C(CCO)c2ccccc2)C1. The van der Waals surface area contributed by atoms with E-state index in [0.29, 0.717) is 19.4 Å². The van der Waals surface area contributed by atoms with Crippen molar-refractivity contribution in [3.63, 3.8) is 0 Å². The van der Waals surface area contributed by atoms with Crippen LogP contribution in [0.3, 0.4) is 0 Å². The van der Waals surface area contributed by atoms with E-state index in [1.165, 1.54) is 0 Å². The van der Waals surface area contributed by atoms with Crippen molar-refractivity contribution in [1.82, 2.24) is 4.90 Å². The van der Waals surface area contributed by atoms with Gasteiger partial charge in [-0.3, -0.25) is 4.79 Å². The number of benzene rings is 1. The van der Waals surface area contributed by atoms with E-state index in [1.54, 1.807) is 4.90 Å². The molecule has 1 saturated heterocycles. The second kappa shape index (κ2) is 5.70. The lowest BCUT2D eigenvalue weighted by molar-refractivity contribution is -0.130. The molecule has 1 N–H and O–H groups in total. The fraction of sp³-hybridized carbons (Fsp3) is 0.400. The molecule has 2 unspecified atom stereocenters. The van der Waals surface area contributed by atoms with Crippen LogP contribution in [0.15, 0.2) is 30.3 Å². The van der Waals surface area contributed by atoms with Gasteiger partial charge in [0, 0.05) is 25.5 Å². The van der Waals surface area contributed by atoms with Crippen molar-refractivity contribution in [1.29, 1.82) is 0 Å². The highest BCUT2D eigenvalue weighted by Gasteiger charge is 2.33. The number of nitrogens with zero attached hydrogens (tertiary/aromatic N) is 1. The van der Waals surface area contributed by atoms with Gasteiger partial charge in [0.2, 0.25) is 5.91 Å². The number of rotatable bonds is 4. The maximum absolute atomic E-state index is 12.0. The molecule has 1 heterocycles. The Balaban J connectivity index is 2.21. The molecule has 1 fully saturated rings. The largest absolute Gasteiger partial charge is 0.396 e. The predicted octanol–water partition coefficient (Wildman–Crippen LogP) is 1.59. The summed E-state index contributed by atoms with van der Waals surface area (Å²) in [7, 11) is 0. The van der Waals surface area contributed by atoms with Crippen LogP contribution in [-0.2, 0) is 4.79 Å². The van der Waals surface area contributed by atoms with E-state index >= 15 is 0 Å². The number of likely N-dealkylation sites (tertiary alicyclic amines) is 1. The van der Waals surface area contributed by atoms with E-state index in [9.17, 15) is 9.90 Å². The quantitative estimate of drug-likeness (QED) is 0.816. The molecule has 1 aromatic rings. The van der Waals surface area contributed by atoms with Gasteiger partial charge in [0.15, 0.2) is 0 Å². The van der Waals surface area contributed by atoms with Crippen LogP contribution < -0.4 is 0 Å². The zero-order chi connectivity index (χ0) is 13.0. The van der Waals surface area contributed by atoms with Crippen molar-refractivity contribution in [2.24, 2.45) is 5.92 Å². The van der Waals surface area contributed by atoms with E-state index in [4.69, 9.17) is 6.42 Å². The van der Waals surface area contributed by atoms with Crippen LogP contribution in [-0.4, -0.2) is 29.1 Å². The minimum absolute atomic E-state index is 0.00223. The van der Waals surface area contributed by atoms with Crippen LogP contribution in [0, 0.1) is 18.3 Å². The van der Waals surface area contributed by atoms with Crippen molar-refractivity contribution in [2.45, 2.75) is 18.9 Å². The van der Waals surface area contributed by atoms with Crippen LogP contribution in [0.5, 0.6) is 0 Å². The summed E-state index contributed by atoms with van der Waals surface area (Å²) in [6, 6.07) is 9.73. The topological polar surface area (TPSA) is 40.5 Å². The van der Waals surface area contributed by atoms with Crippen LogP contribution >= 0.6 is 0 Å². The number of aliphatic hydroxyl groups excluding tert-OH is 1. The Kier molecular flexibility index (Phi) is 4.01. The molecular weight excluding hydrogens is 226 g/mol. The molecule has 1 aliphatic rings. The van der Waals surface area contributed by atoms with Crippen molar-refractivity contribution < 1.29 is 9.90 Å². The number of aliphatic hydroxyl groups is 1.